The highest BCUT2D eigenvalue weighted by Gasteiger charge is 2.12. The molecule has 0 saturated heterocycles. The fourth-order valence-corrected chi connectivity index (χ4v) is 2.40. The second-order valence-corrected chi connectivity index (χ2v) is 5.46. The fraction of sp³-hybridized carbons (Fsp3) is 0.0526. The van der Waals surface area contributed by atoms with Crippen molar-refractivity contribution in [3.63, 3.8) is 0 Å². The third-order valence-corrected chi connectivity index (χ3v) is 3.71. The van der Waals surface area contributed by atoms with E-state index in [9.17, 15) is 14.4 Å². The molecule has 0 aliphatic rings. The molecule has 0 atom stereocenters. The van der Waals surface area contributed by atoms with Crippen molar-refractivity contribution in [2.45, 2.75) is 6.92 Å². The first-order valence-electron chi connectivity index (χ1n) is 7.74. The van der Waals surface area contributed by atoms with E-state index in [1.807, 2.05) is 12.1 Å². The van der Waals surface area contributed by atoms with E-state index < -0.39 is 11.4 Å². The number of H-pyrrole nitrogens is 1. The number of hydrazone groups is 1. The summed E-state index contributed by atoms with van der Waals surface area (Å²) in [4.78, 5) is 18.8. The number of nitrogens with zero attached hydrogens (tertiary/aromatic N) is 3. The van der Waals surface area contributed by atoms with Crippen LogP contribution in [0, 0.1) is 24.1 Å². The van der Waals surface area contributed by atoms with Gasteiger partial charge >= 0.3 is 0 Å². The van der Waals surface area contributed by atoms with Crippen molar-refractivity contribution in [1.82, 2.24) is 9.97 Å². The Bertz CT molecular complexity index is 1050. The number of aryl methyl sites for hydroxylation is 1. The van der Waals surface area contributed by atoms with Gasteiger partial charge in [-0.3, -0.25) is 9.78 Å². The molecule has 26 heavy (non-hydrogen) atoms. The van der Waals surface area contributed by atoms with E-state index in [0.29, 0.717) is 11.1 Å². The summed E-state index contributed by atoms with van der Waals surface area (Å²) in [6, 6.07) is 15.5. The Morgan fingerprint density at radius 2 is 2.00 bits per heavy atom. The lowest BCUT2D eigenvalue weighted by atomic mass is 10.1. The Balaban J connectivity index is 1.95. The summed E-state index contributed by atoms with van der Waals surface area (Å²) in [6.45, 7) is 1.76. The van der Waals surface area contributed by atoms with Crippen molar-refractivity contribution in [2.24, 2.45) is 5.10 Å². The largest absolute Gasteiger partial charge is 0.290 e. The van der Waals surface area contributed by atoms with Crippen molar-refractivity contribution < 1.29 is 4.39 Å². The first-order valence-corrected chi connectivity index (χ1v) is 7.74. The normalized spacial score (nSPS) is 10.7. The van der Waals surface area contributed by atoms with E-state index in [0.717, 1.165) is 5.56 Å². The SMILES string of the molecule is Cc1cccc(F)c1C=NNc1nc(-c2ccccc2)c(C#N)c(=O)[nH]1. The maximum absolute atomic E-state index is 13.8. The van der Waals surface area contributed by atoms with E-state index in [4.69, 9.17) is 0 Å². The molecule has 3 rings (SSSR count). The van der Waals surface area contributed by atoms with E-state index in [1.54, 1.807) is 43.3 Å². The number of anilines is 1. The monoisotopic (exact) mass is 347 g/mol. The summed E-state index contributed by atoms with van der Waals surface area (Å²) in [5.41, 5.74) is 3.84. The Kier molecular flexibility index (Phi) is 4.85. The second kappa shape index (κ2) is 7.40. The number of aromatic amines is 1. The highest BCUT2D eigenvalue weighted by atomic mass is 19.1. The predicted octanol–water partition coefficient (Wildman–Crippen LogP) is 3.20. The predicted molar refractivity (Wildman–Crippen MR) is 97.4 cm³/mol. The van der Waals surface area contributed by atoms with Gasteiger partial charge in [-0.15, -0.1) is 0 Å². The molecule has 0 unspecified atom stereocenters. The lowest BCUT2D eigenvalue weighted by Crippen LogP contribution is -2.16. The van der Waals surface area contributed by atoms with Gasteiger partial charge in [0.2, 0.25) is 5.95 Å². The van der Waals surface area contributed by atoms with Crippen LogP contribution in [-0.4, -0.2) is 16.2 Å². The number of benzene rings is 2. The number of halogens is 1. The molecule has 0 radical (unpaired) electrons. The number of hydrogen-bond donors (Lipinski definition) is 2. The molecule has 0 aliphatic heterocycles. The van der Waals surface area contributed by atoms with Gasteiger partial charge in [0.15, 0.2) is 0 Å². The molecule has 0 saturated carbocycles. The molecule has 2 aromatic carbocycles. The van der Waals surface area contributed by atoms with Crippen LogP contribution in [0.4, 0.5) is 10.3 Å². The van der Waals surface area contributed by atoms with Crippen LogP contribution < -0.4 is 11.0 Å². The van der Waals surface area contributed by atoms with Crippen LogP contribution in [0.5, 0.6) is 0 Å². The third-order valence-electron chi connectivity index (χ3n) is 3.71. The van der Waals surface area contributed by atoms with Crippen LogP contribution in [0.2, 0.25) is 0 Å². The molecule has 0 fully saturated rings. The van der Waals surface area contributed by atoms with Crippen molar-refractivity contribution in [2.75, 3.05) is 5.43 Å². The summed E-state index contributed by atoms with van der Waals surface area (Å²) >= 11 is 0. The van der Waals surface area contributed by atoms with Crippen molar-refractivity contribution in [3.8, 4) is 17.3 Å². The summed E-state index contributed by atoms with van der Waals surface area (Å²) in [7, 11) is 0. The first-order chi connectivity index (χ1) is 12.6. The Morgan fingerprint density at radius 1 is 1.23 bits per heavy atom. The zero-order chi connectivity index (χ0) is 18.5. The molecule has 0 spiro atoms. The summed E-state index contributed by atoms with van der Waals surface area (Å²) in [5.74, 6) is -0.347. The number of nitrogens with one attached hydrogen (secondary N) is 2. The van der Waals surface area contributed by atoms with Crippen molar-refractivity contribution >= 4 is 12.2 Å². The average molecular weight is 347 g/mol. The topological polar surface area (TPSA) is 93.9 Å². The standard InChI is InChI=1S/C19H14FN5O/c1-12-6-5-9-16(20)15(12)11-22-25-19-23-17(13-7-3-2-4-8-13)14(10-21)18(26)24-19/h2-9,11H,1H3,(H2,23,24,25,26). The van der Waals surface area contributed by atoms with Gasteiger partial charge in [0.05, 0.1) is 11.9 Å². The van der Waals surface area contributed by atoms with Crippen LogP contribution in [0.25, 0.3) is 11.3 Å². The third kappa shape index (κ3) is 3.49. The molecule has 1 aromatic heterocycles. The van der Waals surface area contributed by atoms with Gasteiger partial charge in [0, 0.05) is 11.1 Å². The fourth-order valence-electron chi connectivity index (χ4n) is 2.40. The lowest BCUT2D eigenvalue weighted by molar-refractivity contribution is 0.624. The lowest BCUT2D eigenvalue weighted by Gasteiger charge is -2.06. The average Bonchev–Trinajstić information content (AvgIpc) is 2.64. The van der Waals surface area contributed by atoms with Gasteiger partial charge in [-0.25, -0.2) is 14.8 Å². The minimum absolute atomic E-state index is 0.0538. The second-order valence-electron chi connectivity index (χ2n) is 5.46. The van der Waals surface area contributed by atoms with Crippen LogP contribution in [0.3, 0.4) is 0 Å². The summed E-state index contributed by atoms with van der Waals surface area (Å²) in [6.07, 6.45) is 1.31. The highest BCUT2D eigenvalue weighted by Crippen LogP contribution is 2.19. The molecule has 7 heteroatoms. The quantitative estimate of drug-likeness (QED) is 0.560. The van der Waals surface area contributed by atoms with E-state index >= 15 is 0 Å². The van der Waals surface area contributed by atoms with Gasteiger partial charge in [0.25, 0.3) is 5.56 Å². The highest BCUT2D eigenvalue weighted by molar-refractivity contribution is 5.82. The molecule has 2 N–H and O–H groups in total. The van der Waals surface area contributed by atoms with Gasteiger partial charge < -0.3 is 0 Å². The van der Waals surface area contributed by atoms with Gasteiger partial charge in [0.1, 0.15) is 17.4 Å². The van der Waals surface area contributed by atoms with Crippen LogP contribution in [0.15, 0.2) is 58.4 Å². The maximum atomic E-state index is 13.8. The van der Waals surface area contributed by atoms with Crippen molar-refractivity contribution in [3.05, 3.63) is 81.4 Å². The minimum Gasteiger partial charge on any atom is -0.290 e. The van der Waals surface area contributed by atoms with E-state index in [-0.39, 0.29) is 17.2 Å². The smallest absolute Gasteiger partial charge is 0.270 e. The zero-order valence-electron chi connectivity index (χ0n) is 13.8. The minimum atomic E-state index is -0.582. The molecular weight excluding hydrogens is 333 g/mol. The molecule has 1 heterocycles. The summed E-state index contributed by atoms with van der Waals surface area (Å²) < 4.78 is 13.8. The number of rotatable bonds is 4. The van der Waals surface area contributed by atoms with Crippen molar-refractivity contribution in [1.29, 1.82) is 5.26 Å². The van der Waals surface area contributed by atoms with Gasteiger partial charge in [-0.1, -0.05) is 42.5 Å². The number of hydrogen-bond acceptors (Lipinski definition) is 5. The Labute approximate surface area is 148 Å². The molecule has 0 aliphatic carbocycles. The van der Waals surface area contributed by atoms with Crippen LogP contribution in [0.1, 0.15) is 16.7 Å². The van der Waals surface area contributed by atoms with Gasteiger partial charge in [-0.05, 0) is 18.6 Å². The van der Waals surface area contributed by atoms with Gasteiger partial charge in [-0.2, -0.15) is 10.4 Å². The van der Waals surface area contributed by atoms with E-state index in [2.05, 4.69) is 20.5 Å². The molecular formula is C19H14FN5O. The van der Waals surface area contributed by atoms with E-state index in [1.165, 1.54) is 12.3 Å². The number of nitriles is 1. The van der Waals surface area contributed by atoms with Crippen LogP contribution >= 0.6 is 0 Å². The molecule has 128 valence electrons. The molecule has 0 bridgehead atoms. The number of aromatic nitrogens is 2. The first kappa shape index (κ1) is 17.0. The molecule has 3 aromatic rings. The Hall–Kier alpha value is -3.79. The molecule has 0 amide bonds. The molecule has 6 nitrogen and oxygen atoms in total. The maximum Gasteiger partial charge on any atom is 0.270 e. The van der Waals surface area contributed by atoms with Crippen LogP contribution in [-0.2, 0) is 0 Å². The Morgan fingerprint density at radius 3 is 2.69 bits per heavy atom. The zero-order valence-corrected chi connectivity index (χ0v) is 13.8. The summed E-state index contributed by atoms with van der Waals surface area (Å²) in [5, 5.41) is 13.2.